The van der Waals surface area contributed by atoms with Crippen molar-refractivity contribution in [2.45, 2.75) is 45.4 Å². The van der Waals surface area contributed by atoms with E-state index in [1.807, 2.05) is 29.2 Å². The van der Waals surface area contributed by atoms with Gasteiger partial charge in [0.15, 0.2) is 6.61 Å². The van der Waals surface area contributed by atoms with E-state index in [4.69, 9.17) is 9.47 Å². The van der Waals surface area contributed by atoms with Crippen LogP contribution in [-0.2, 0) is 22.4 Å². The molecule has 2 aromatic rings. The smallest absolute Gasteiger partial charge is 0.262 e. The van der Waals surface area contributed by atoms with Gasteiger partial charge in [0.1, 0.15) is 10.8 Å². The zero-order valence-electron chi connectivity index (χ0n) is 18.2. The Morgan fingerprint density at radius 2 is 1.90 bits per heavy atom. The molecule has 0 saturated carbocycles. The topological polar surface area (TPSA) is 67.9 Å². The number of carbonyl (C=O) groups excluding carboxylic acids is 2. The van der Waals surface area contributed by atoms with E-state index in [1.54, 1.807) is 11.3 Å². The zero-order valence-corrected chi connectivity index (χ0v) is 19.1. The standard InChI is InChI=1S/C24H30N2O4S/c1-16(2)17-7-3-5-9-19(17)30-15-21(27)25-23-22(18-8-4-6-10-20(18)31-23)24(28)26-11-13-29-14-12-26/h3,5,7,9,16H,4,6,8,10-15H2,1-2H3,(H,25,27). The fourth-order valence-electron chi connectivity index (χ4n) is 4.20. The van der Waals surface area contributed by atoms with Crippen LogP contribution in [0.1, 0.15) is 59.0 Å². The van der Waals surface area contributed by atoms with Gasteiger partial charge in [-0.15, -0.1) is 11.3 Å². The van der Waals surface area contributed by atoms with Gasteiger partial charge in [-0.1, -0.05) is 32.0 Å². The Morgan fingerprint density at radius 1 is 1.16 bits per heavy atom. The lowest BCUT2D eigenvalue weighted by atomic mass is 9.95. The molecule has 1 aliphatic carbocycles. The number of para-hydroxylation sites is 1. The Labute approximate surface area is 187 Å². The molecule has 2 aliphatic rings. The van der Waals surface area contributed by atoms with E-state index in [1.165, 1.54) is 4.88 Å². The number of thiophene rings is 1. The van der Waals surface area contributed by atoms with Crippen LogP contribution in [0, 0.1) is 0 Å². The van der Waals surface area contributed by atoms with Crippen LogP contribution in [0.25, 0.3) is 0 Å². The fourth-order valence-corrected chi connectivity index (χ4v) is 5.50. The number of amides is 2. The quantitative estimate of drug-likeness (QED) is 0.727. The molecule has 0 unspecified atom stereocenters. The Bertz CT molecular complexity index is 947. The lowest BCUT2D eigenvalue weighted by Gasteiger charge is -2.27. The van der Waals surface area contributed by atoms with Gasteiger partial charge in [-0.25, -0.2) is 0 Å². The first kappa shape index (κ1) is 21.8. The van der Waals surface area contributed by atoms with Crippen molar-refractivity contribution in [2.24, 2.45) is 0 Å². The second-order valence-electron chi connectivity index (χ2n) is 8.35. The summed E-state index contributed by atoms with van der Waals surface area (Å²) in [5.74, 6) is 0.793. The third-order valence-corrected chi connectivity index (χ3v) is 7.04. The first-order valence-electron chi connectivity index (χ1n) is 11.1. The minimum absolute atomic E-state index is 0.00377. The Balaban J connectivity index is 1.51. The number of rotatable bonds is 6. The van der Waals surface area contributed by atoms with E-state index in [0.29, 0.717) is 42.8 Å². The molecule has 7 heteroatoms. The SMILES string of the molecule is CC(C)c1ccccc1OCC(=O)Nc1sc2c(c1C(=O)N1CCOCC1)CCCC2. The van der Waals surface area contributed by atoms with E-state index in [2.05, 4.69) is 19.2 Å². The minimum atomic E-state index is -0.242. The predicted molar refractivity (Wildman–Crippen MR) is 122 cm³/mol. The van der Waals surface area contributed by atoms with Crippen molar-refractivity contribution in [3.8, 4) is 5.75 Å². The van der Waals surface area contributed by atoms with E-state index >= 15 is 0 Å². The highest BCUT2D eigenvalue weighted by molar-refractivity contribution is 7.17. The summed E-state index contributed by atoms with van der Waals surface area (Å²) in [5, 5.41) is 3.64. The maximum absolute atomic E-state index is 13.3. The molecule has 0 atom stereocenters. The number of carbonyl (C=O) groups is 2. The van der Waals surface area contributed by atoms with Crippen LogP contribution in [0.15, 0.2) is 24.3 Å². The largest absolute Gasteiger partial charge is 0.483 e. The van der Waals surface area contributed by atoms with Crippen LogP contribution in [-0.4, -0.2) is 49.6 Å². The molecule has 0 radical (unpaired) electrons. The molecule has 2 amide bonds. The Kier molecular flexibility index (Phi) is 6.92. The Morgan fingerprint density at radius 3 is 2.68 bits per heavy atom. The summed E-state index contributed by atoms with van der Waals surface area (Å²) in [6.45, 7) is 6.41. The molecule has 31 heavy (non-hydrogen) atoms. The molecule has 2 heterocycles. The van der Waals surface area contributed by atoms with Crippen LogP contribution in [0.4, 0.5) is 5.00 Å². The summed E-state index contributed by atoms with van der Waals surface area (Å²) in [4.78, 5) is 29.2. The van der Waals surface area contributed by atoms with Crippen LogP contribution in [0.5, 0.6) is 5.75 Å². The van der Waals surface area contributed by atoms with Crippen molar-refractivity contribution in [1.82, 2.24) is 4.90 Å². The normalized spacial score (nSPS) is 16.2. The third kappa shape index (κ3) is 4.93. The number of nitrogens with one attached hydrogen (secondary N) is 1. The van der Waals surface area contributed by atoms with E-state index in [0.717, 1.165) is 42.6 Å². The van der Waals surface area contributed by atoms with Crippen LogP contribution < -0.4 is 10.1 Å². The molecule has 0 spiro atoms. The molecular formula is C24H30N2O4S. The maximum Gasteiger partial charge on any atom is 0.262 e. The van der Waals surface area contributed by atoms with Gasteiger partial charge in [0.2, 0.25) is 0 Å². The highest BCUT2D eigenvalue weighted by atomic mass is 32.1. The molecule has 4 rings (SSSR count). The summed E-state index contributed by atoms with van der Waals surface area (Å²) in [7, 11) is 0. The highest BCUT2D eigenvalue weighted by Crippen LogP contribution is 2.39. The van der Waals surface area contributed by atoms with Crippen molar-refractivity contribution < 1.29 is 19.1 Å². The number of morpholine rings is 1. The number of benzene rings is 1. The molecule has 166 valence electrons. The summed E-state index contributed by atoms with van der Waals surface area (Å²) >= 11 is 1.55. The van der Waals surface area contributed by atoms with Crippen molar-refractivity contribution in [2.75, 3.05) is 38.2 Å². The molecule has 6 nitrogen and oxygen atoms in total. The van der Waals surface area contributed by atoms with Gasteiger partial charge in [-0.05, 0) is 48.8 Å². The van der Waals surface area contributed by atoms with Gasteiger partial charge in [0, 0.05) is 18.0 Å². The van der Waals surface area contributed by atoms with Crippen molar-refractivity contribution in [3.05, 3.63) is 45.8 Å². The van der Waals surface area contributed by atoms with Gasteiger partial charge in [-0.3, -0.25) is 9.59 Å². The second-order valence-corrected chi connectivity index (χ2v) is 9.45. The third-order valence-electron chi connectivity index (χ3n) is 5.84. The first-order chi connectivity index (χ1) is 15.0. The molecule has 1 saturated heterocycles. The monoisotopic (exact) mass is 442 g/mol. The maximum atomic E-state index is 13.3. The molecule has 1 aliphatic heterocycles. The molecule has 1 aromatic carbocycles. The Hall–Kier alpha value is -2.38. The zero-order chi connectivity index (χ0) is 21.8. The average molecular weight is 443 g/mol. The van der Waals surface area contributed by atoms with Crippen LogP contribution >= 0.6 is 11.3 Å². The van der Waals surface area contributed by atoms with E-state index in [9.17, 15) is 9.59 Å². The number of fused-ring (bicyclic) bond motifs is 1. The second kappa shape index (κ2) is 9.83. The number of nitrogens with zero attached hydrogens (tertiary/aromatic N) is 1. The average Bonchev–Trinajstić information content (AvgIpc) is 3.15. The predicted octanol–water partition coefficient (Wildman–Crippen LogP) is 4.24. The lowest BCUT2D eigenvalue weighted by Crippen LogP contribution is -2.41. The summed E-state index contributed by atoms with van der Waals surface area (Å²) in [5.41, 5.74) is 2.87. The number of aryl methyl sites for hydroxylation is 1. The number of anilines is 1. The van der Waals surface area contributed by atoms with Crippen molar-refractivity contribution in [1.29, 1.82) is 0 Å². The molecule has 1 N–H and O–H groups in total. The van der Waals surface area contributed by atoms with Gasteiger partial charge in [0.05, 0.1) is 18.8 Å². The van der Waals surface area contributed by atoms with E-state index in [-0.39, 0.29) is 18.4 Å². The van der Waals surface area contributed by atoms with Crippen LogP contribution in [0.3, 0.4) is 0 Å². The van der Waals surface area contributed by atoms with Crippen molar-refractivity contribution in [3.63, 3.8) is 0 Å². The molecule has 0 bridgehead atoms. The van der Waals surface area contributed by atoms with Gasteiger partial charge < -0.3 is 19.7 Å². The first-order valence-corrected chi connectivity index (χ1v) is 11.9. The van der Waals surface area contributed by atoms with E-state index < -0.39 is 0 Å². The summed E-state index contributed by atoms with van der Waals surface area (Å²) in [6.07, 6.45) is 4.07. The minimum Gasteiger partial charge on any atom is -0.483 e. The number of hydrogen-bond donors (Lipinski definition) is 1. The number of hydrogen-bond acceptors (Lipinski definition) is 5. The van der Waals surface area contributed by atoms with Gasteiger partial charge in [-0.2, -0.15) is 0 Å². The fraction of sp³-hybridized carbons (Fsp3) is 0.500. The molecule has 1 aromatic heterocycles. The van der Waals surface area contributed by atoms with Gasteiger partial charge >= 0.3 is 0 Å². The van der Waals surface area contributed by atoms with Crippen LogP contribution in [0.2, 0.25) is 0 Å². The lowest BCUT2D eigenvalue weighted by molar-refractivity contribution is -0.118. The highest BCUT2D eigenvalue weighted by Gasteiger charge is 2.30. The summed E-state index contributed by atoms with van der Waals surface area (Å²) in [6, 6.07) is 7.79. The van der Waals surface area contributed by atoms with Crippen molar-refractivity contribution >= 4 is 28.2 Å². The van der Waals surface area contributed by atoms with Gasteiger partial charge in [0.25, 0.3) is 11.8 Å². The summed E-state index contributed by atoms with van der Waals surface area (Å²) < 4.78 is 11.2. The number of ether oxygens (including phenoxy) is 2. The molecular weight excluding hydrogens is 412 g/mol. The molecule has 1 fully saturated rings.